The van der Waals surface area contributed by atoms with E-state index in [-0.39, 0.29) is 0 Å². The van der Waals surface area contributed by atoms with E-state index in [1.54, 1.807) is 0 Å². The van der Waals surface area contributed by atoms with Crippen LogP contribution in [0.5, 0.6) is 0 Å². The maximum absolute atomic E-state index is 4.45. The second-order valence-corrected chi connectivity index (χ2v) is 6.53. The van der Waals surface area contributed by atoms with Gasteiger partial charge in [-0.3, -0.25) is 0 Å². The van der Waals surface area contributed by atoms with E-state index in [0.29, 0.717) is 6.04 Å². The van der Waals surface area contributed by atoms with E-state index in [1.807, 2.05) is 24.4 Å². The summed E-state index contributed by atoms with van der Waals surface area (Å²) < 4.78 is 4.32. The molecule has 1 fully saturated rings. The first-order valence-corrected chi connectivity index (χ1v) is 8.08. The van der Waals surface area contributed by atoms with Crippen LogP contribution in [0.1, 0.15) is 31.7 Å². The third-order valence-corrected chi connectivity index (χ3v) is 4.91. The van der Waals surface area contributed by atoms with Gasteiger partial charge in [-0.15, -0.1) is 0 Å². The molecule has 1 aliphatic carbocycles. The van der Waals surface area contributed by atoms with Gasteiger partial charge in [0.05, 0.1) is 5.69 Å². The first-order chi connectivity index (χ1) is 9.25. The zero-order valence-electron chi connectivity index (χ0n) is 10.4. The van der Waals surface area contributed by atoms with Gasteiger partial charge < -0.3 is 9.88 Å². The van der Waals surface area contributed by atoms with Crippen molar-refractivity contribution in [2.45, 2.75) is 31.7 Å². The summed E-state index contributed by atoms with van der Waals surface area (Å²) in [6, 6.07) is 6.64. The van der Waals surface area contributed by atoms with Gasteiger partial charge in [0.15, 0.2) is 0 Å². The van der Waals surface area contributed by atoms with Crippen LogP contribution in [0, 0.1) is 0 Å². The van der Waals surface area contributed by atoms with Gasteiger partial charge in [-0.1, -0.05) is 18.9 Å². The Morgan fingerprint density at radius 2 is 1.84 bits per heavy atom. The van der Waals surface area contributed by atoms with Gasteiger partial charge >= 0.3 is 0 Å². The zero-order chi connectivity index (χ0) is 13.2. The highest BCUT2D eigenvalue weighted by Gasteiger charge is 2.19. The summed E-state index contributed by atoms with van der Waals surface area (Å²) in [5.74, 6) is 0.916. The minimum absolute atomic E-state index is 0.589. The Bertz CT molecular complexity index is 554. The summed E-state index contributed by atoms with van der Waals surface area (Å²) in [4.78, 5) is 4.45. The fourth-order valence-corrected chi connectivity index (χ4v) is 3.81. The predicted molar refractivity (Wildman–Crippen MR) is 84.9 cm³/mol. The van der Waals surface area contributed by atoms with E-state index >= 15 is 0 Å². The number of aromatic nitrogens is 2. The molecule has 0 aliphatic heterocycles. The smallest absolute Gasteiger partial charge is 0.207 e. The van der Waals surface area contributed by atoms with Crippen molar-refractivity contribution in [3.63, 3.8) is 0 Å². The number of anilines is 2. The van der Waals surface area contributed by atoms with Gasteiger partial charge in [0.2, 0.25) is 5.95 Å². The van der Waals surface area contributed by atoms with E-state index in [2.05, 4.69) is 52.9 Å². The van der Waals surface area contributed by atoms with E-state index in [0.717, 1.165) is 20.6 Å². The third-order valence-electron chi connectivity index (χ3n) is 3.59. The quantitative estimate of drug-likeness (QED) is 0.781. The Kier molecular flexibility index (Phi) is 3.93. The van der Waals surface area contributed by atoms with Crippen LogP contribution in [0.2, 0.25) is 0 Å². The lowest BCUT2D eigenvalue weighted by Gasteiger charge is -2.17. The van der Waals surface area contributed by atoms with E-state index < -0.39 is 0 Å². The van der Waals surface area contributed by atoms with Crippen LogP contribution >= 0.6 is 31.9 Å². The average molecular weight is 385 g/mol. The molecule has 3 rings (SSSR count). The zero-order valence-corrected chi connectivity index (χ0v) is 13.6. The molecule has 0 radical (unpaired) electrons. The van der Waals surface area contributed by atoms with Crippen molar-refractivity contribution in [3.05, 3.63) is 39.5 Å². The lowest BCUT2D eigenvalue weighted by Crippen LogP contribution is -2.08. The van der Waals surface area contributed by atoms with Crippen LogP contribution in [0.4, 0.5) is 11.6 Å². The maximum atomic E-state index is 4.45. The molecule has 19 heavy (non-hydrogen) atoms. The lowest BCUT2D eigenvalue weighted by atomic mass is 10.2. The number of imidazole rings is 1. The number of halogens is 2. The molecule has 1 aromatic carbocycles. The van der Waals surface area contributed by atoms with Crippen LogP contribution in [-0.2, 0) is 0 Å². The predicted octanol–water partition coefficient (Wildman–Crippen LogP) is 5.27. The van der Waals surface area contributed by atoms with Gasteiger partial charge in [-0.05, 0) is 56.8 Å². The molecule has 1 aromatic heterocycles. The minimum atomic E-state index is 0.589. The topological polar surface area (TPSA) is 29.9 Å². The summed E-state index contributed by atoms with van der Waals surface area (Å²) in [6.07, 6.45) is 9.08. The number of rotatable bonds is 3. The molecule has 1 saturated carbocycles. The number of nitrogens with zero attached hydrogens (tertiary/aromatic N) is 2. The molecular weight excluding hydrogens is 370 g/mol. The van der Waals surface area contributed by atoms with Crippen LogP contribution in [0.15, 0.2) is 39.5 Å². The monoisotopic (exact) mass is 383 g/mol. The molecule has 3 nitrogen and oxygen atoms in total. The summed E-state index contributed by atoms with van der Waals surface area (Å²) in [7, 11) is 0. The van der Waals surface area contributed by atoms with Crippen molar-refractivity contribution in [2.75, 3.05) is 5.32 Å². The van der Waals surface area contributed by atoms with Crippen LogP contribution in [0.25, 0.3) is 0 Å². The summed E-state index contributed by atoms with van der Waals surface area (Å²) in [6.45, 7) is 0. The minimum Gasteiger partial charge on any atom is -0.324 e. The van der Waals surface area contributed by atoms with Crippen molar-refractivity contribution < 1.29 is 0 Å². The number of para-hydroxylation sites is 1. The van der Waals surface area contributed by atoms with Crippen molar-refractivity contribution in [1.82, 2.24) is 9.55 Å². The Morgan fingerprint density at radius 3 is 2.53 bits per heavy atom. The second-order valence-electron chi connectivity index (χ2n) is 4.82. The van der Waals surface area contributed by atoms with Gasteiger partial charge in [0, 0.05) is 27.4 Å². The number of nitrogens with one attached hydrogen (secondary N) is 1. The van der Waals surface area contributed by atoms with Crippen LogP contribution in [0.3, 0.4) is 0 Å². The number of hydrogen-bond acceptors (Lipinski definition) is 2. The van der Waals surface area contributed by atoms with E-state index in [4.69, 9.17) is 0 Å². The number of benzene rings is 1. The molecule has 1 heterocycles. The maximum Gasteiger partial charge on any atom is 0.207 e. The fourth-order valence-electron chi connectivity index (χ4n) is 2.62. The normalized spacial score (nSPS) is 15.9. The molecule has 0 amide bonds. The number of hydrogen-bond donors (Lipinski definition) is 1. The highest BCUT2D eigenvalue weighted by molar-refractivity contribution is 9.11. The molecular formula is C14H15Br2N3. The van der Waals surface area contributed by atoms with Crippen molar-refractivity contribution >= 4 is 43.5 Å². The molecule has 2 aromatic rings. The van der Waals surface area contributed by atoms with Gasteiger partial charge in [-0.25, -0.2) is 4.98 Å². The third kappa shape index (κ3) is 2.72. The summed E-state index contributed by atoms with van der Waals surface area (Å²) in [5.41, 5.74) is 1.02. The molecule has 100 valence electrons. The average Bonchev–Trinajstić information content (AvgIpc) is 3.04. The molecule has 0 unspecified atom stereocenters. The van der Waals surface area contributed by atoms with Crippen LogP contribution < -0.4 is 5.32 Å². The van der Waals surface area contributed by atoms with Gasteiger partial charge in [-0.2, -0.15) is 0 Å². The highest BCUT2D eigenvalue weighted by Crippen LogP contribution is 2.35. The summed E-state index contributed by atoms with van der Waals surface area (Å²) >= 11 is 7.14. The Hall–Kier alpha value is -0.810. The first-order valence-electron chi connectivity index (χ1n) is 6.49. The van der Waals surface area contributed by atoms with Crippen molar-refractivity contribution in [2.24, 2.45) is 0 Å². The van der Waals surface area contributed by atoms with Crippen molar-refractivity contribution in [1.29, 1.82) is 0 Å². The Morgan fingerprint density at radius 1 is 1.16 bits per heavy atom. The molecule has 0 atom stereocenters. The Balaban J connectivity index is 1.89. The standard InChI is InChI=1S/C14H15Br2N3/c15-11-6-3-7-12(16)13(11)18-14-17-8-9-19(14)10-4-1-2-5-10/h3,6-10H,1-2,4-5H2,(H,17,18). The second kappa shape index (κ2) is 5.67. The van der Waals surface area contributed by atoms with E-state index in [1.165, 1.54) is 25.7 Å². The van der Waals surface area contributed by atoms with Crippen molar-refractivity contribution in [3.8, 4) is 0 Å². The van der Waals surface area contributed by atoms with E-state index in [9.17, 15) is 0 Å². The molecule has 0 saturated heterocycles. The highest BCUT2D eigenvalue weighted by atomic mass is 79.9. The largest absolute Gasteiger partial charge is 0.324 e. The molecule has 0 spiro atoms. The van der Waals surface area contributed by atoms with Gasteiger partial charge in [0.25, 0.3) is 0 Å². The molecule has 1 N–H and O–H groups in total. The molecule has 1 aliphatic rings. The first kappa shape index (κ1) is 13.2. The summed E-state index contributed by atoms with van der Waals surface area (Å²) in [5, 5.41) is 3.42. The SMILES string of the molecule is Brc1cccc(Br)c1Nc1nccn1C1CCCC1. The fraction of sp³-hybridized carbons (Fsp3) is 0.357. The van der Waals surface area contributed by atoms with Gasteiger partial charge in [0.1, 0.15) is 0 Å². The Labute approximate surface area is 129 Å². The lowest BCUT2D eigenvalue weighted by molar-refractivity contribution is 0.525. The molecule has 5 heteroatoms. The van der Waals surface area contributed by atoms with Crippen LogP contribution in [-0.4, -0.2) is 9.55 Å². The molecule has 0 bridgehead atoms.